The van der Waals surface area contributed by atoms with Crippen LogP contribution in [-0.4, -0.2) is 18.0 Å². The van der Waals surface area contributed by atoms with Gasteiger partial charge in [-0.15, -0.1) is 0 Å². The normalized spacial score (nSPS) is 11.9. The van der Waals surface area contributed by atoms with Crippen molar-refractivity contribution in [1.82, 2.24) is 0 Å². The van der Waals surface area contributed by atoms with Gasteiger partial charge in [0.2, 0.25) is 0 Å². The number of rotatable bonds is 3. The largest absolute Gasteiger partial charge is 0.450 e. The lowest BCUT2D eigenvalue weighted by molar-refractivity contribution is -0.160. The number of hydrogen-bond donors (Lipinski definition) is 0. The van der Waals surface area contributed by atoms with E-state index in [4.69, 9.17) is 11.9 Å². The van der Waals surface area contributed by atoms with Crippen LogP contribution in [0.5, 0.6) is 0 Å². The van der Waals surface area contributed by atoms with E-state index in [9.17, 15) is 9.59 Å². The average molecular weight is 181 g/mol. The third-order valence-corrected chi connectivity index (χ3v) is 1.17. The summed E-state index contributed by atoms with van der Waals surface area (Å²) in [6, 6.07) is 0. The first-order valence-electron chi connectivity index (χ1n) is 3.11. The molecule has 0 amide bonds. The van der Waals surface area contributed by atoms with Crippen LogP contribution in [0.1, 0.15) is 20.3 Å². The van der Waals surface area contributed by atoms with Crippen LogP contribution in [0.15, 0.2) is 0 Å². The molecule has 0 spiro atoms. The zero-order valence-electron chi connectivity index (χ0n) is 6.30. The van der Waals surface area contributed by atoms with Crippen molar-refractivity contribution in [1.29, 1.82) is 0 Å². The molecule has 0 rings (SSSR count). The number of carbonyl (C=O) groups is 2. The molecule has 4 nitrogen and oxygen atoms in total. The Bertz CT molecular complexity index is 157. The van der Waals surface area contributed by atoms with E-state index in [1.54, 1.807) is 6.92 Å². The Balaban J connectivity index is 3.94. The third-order valence-electron chi connectivity index (χ3n) is 1.02. The molecule has 0 aromatic heterocycles. The van der Waals surface area contributed by atoms with Crippen LogP contribution in [0.2, 0.25) is 0 Å². The van der Waals surface area contributed by atoms with Crippen molar-refractivity contribution in [3.8, 4) is 0 Å². The first-order chi connectivity index (χ1) is 5.11. The summed E-state index contributed by atoms with van der Waals surface area (Å²) in [5.74, 6) is -1.27. The minimum Gasteiger partial charge on any atom is -0.450 e. The fourth-order valence-electron chi connectivity index (χ4n) is 0.548. The van der Waals surface area contributed by atoms with Gasteiger partial charge in [-0.05, 0) is 6.42 Å². The van der Waals surface area contributed by atoms with Gasteiger partial charge in [-0.3, -0.25) is 4.79 Å². The van der Waals surface area contributed by atoms with E-state index >= 15 is 0 Å². The smallest absolute Gasteiger partial charge is 0.365 e. The molecule has 0 bridgehead atoms. The second-order valence-corrected chi connectivity index (χ2v) is 2.06. The van der Waals surface area contributed by atoms with Crippen molar-refractivity contribution < 1.29 is 18.6 Å². The summed E-state index contributed by atoms with van der Waals surface area (Å²) in [7, 11) is 0. The van der Waals surface area contributed by atoms with E-state index < -0.39 is 18.0 Å². The Hall–Kier alpha value is -0.770. The Kier molecular flexibility index (Phi) is 4.61. The lowest BCUT2D eigenvalue weighted by Gasteiger charge is -2.09. The molecule has 0 heterocycles. The van der Waals surface area contributed by atoms with Crippen molar-refractivity contribution in [2.75, 3.05) is 0 Å². The standard InChI is InChI=1S/C6H9ClO4/c1-3-5(6(9)11-7)10-4(2)8/h5H,3H2,1-2H3. The zero-order valence-corrected chi connectivity index (χ0v) is 7.05. The Morgan fingerprint density at radius 3 is 2.36 bits per heavy atom. The van der Waals surface area contributed by atoms with Gasteiger partial charge in [0.05, 0.1) is 0 Å². The molecule has 5 heteroatoms. The van der Waals surface area contributed by atoms with E-state index in [0.29, 0.717) is 6.42 Å². The minimum absolute atomic E-state index is 0.352. The quantitative estimate of drug-likeness (QED) is 0.609. The highest BCUT2D eigenvalue weighted by molar-refractivity contribution is 6.13. The molecule has 1 atom stereocenters. The van der Waals surface area contributed by atoms with E-state index in [0.717, 1.165) is 0 Å². The zero-order chi connectivity index (χ0) is 8.85. The topological polar surface area (TPSA) is 52.6 Å². The van der Waals surface area contributed by atoms with E-state index in [1.807, 2.05) is 0 Å². The van der Waals surface area contributed by atoms with Crippen LogP contribution >= 0.6 is 11.9 Å². The predicted molar refractivity (Wildman–Crippen MR) is 37.8 cm³/mol. The summed E-state index contributed by atoms with van der Waals surface area (Å²) in [6.45, 7) is 2.89. The first-order valence-corrected chi connectivity index (χ1v) is 3.42. The number of hydrogen-bond acceptors (Lipinski definition) is 4. The highest BCUT2D eigenvalue weighted by Crippen LogP contribution is 2.02. The molecule has 0 saturated carbocycles. The monoisotopic (exact) mass is 180 g/mol. The summed E-state index contributed by atoms with van der Waals surface area (Å²) in [6.07, 6.45) is -0.532. The van der Waals surface area contributed by atoms with Crippen molar-refractivity contribution in [3.63, 3.8) is 0 Å². The number of halogens is 1. The van der Waals surface area contributed by atoms with Crippen molar-refractivity contribution in [2.45, 2.75) is 26.4 Å². The van der Waals surface area contributed by atoms with Gasteiger partial charge in [-0.2, -0.15) is 0 Å². The maximum Gasteiger partial charge on any atom is 0.365 e. The molecule has 0 aliphatic rings. The highest BCUT2D eigenvalue weighted by atomic mass is 35.5. The molecular weight excluding hydrogens is 172 g/mol. The summed E-state index contributed by atoms with van der Waals surface area (Å²) in [4.78, 5) is 21.0. The fraction of sp³-hybridized carbons (Fsp3) is 0.667. The van der Waals surface area contributed by atoms with Gasteiger partial charge in [0.25, 0.3) is 0 Å². The minimum atomic E-state index is -0.884. The van der Waals surface area contributed by atoms with Gasteiger partial charge in [-0.1, -0.05) is 6.92 Å². The molecule has 0 aliphatic carbocycles. The summed E-state index contributed by atoms with van der Waals surface area (Å²) in [5.41, 5.74) is 0. The van der Waals surface area contributed by atoms with Crippen molar-refractivity contribution in [2.24, 2.45) is 0 Å². The Labute approximate surface area is 69.6 Å². The van der Waals surface area contributed by atoms with Crippen LogP contribution < -0.4 is 0 Å². The van der Waals surface area contributed by atoms with E-state index in [2.05, 4.69) is 9.03 Å². The molecule has 0 aliphatic heterocycles. The second-order valence-electron chi connectivity index (χ2n) is 1.90. The maximum absolute atomic E-state index is 10.6. The molecule has 11 heavy (non-hydrogen) atoms. The molecule has 0 saturated heterocycles. The van der Waals surface area contributed by atoms with E-state index in [1.165, 1.54) is 6.92 Å². The third kappa shape index (κ3) is 3.83. The molecular formula is C6H9ClO4. The SMILES string of the molecule is CCC(OC(C)=O)C(=O)OCl. The molecule has 64 valence electrons. The predicted octanol–water partition coefficient (Wildman–Crippen LogP) is 1.03. The van der Waals surface area contributed by atoms with Crippen molar-refractivity contribution in [3.05, 3.63) is 0 Å². The number of ether oxygens (including phenoxy) is 1. The average Bonchev–Trinajstić information content (AvgIpc) is 1.98. The van der Waals surface area contributed by atoms with Crippen LogP contribution in [-0.2, 0) is 18.6 Å². The van der Waals surface area contributed by atoms with Crippen LogP contribution in [0.25, 0.3) is 0 Å². The maximum atomic E-state index is 10.6. The van der Waals surface area contributed by atoms with Gasteiger partial charge >= 0.3 is 11.9 Å². The molecule has 0 N–H and O–H groups in total. The molecule has 0 aromatic rings. The van der Waals surface area contributed by atoms with Gasteiger partial charge in [0.15, 0.2) is 6.10 Å². The number of esters is 1. The van der Waals surface area contributed by atoms with E-state index in [-0.39, 0.29) is 0 Å². The molecule has 0 radical (unpaired) electrons. The lowest BCUT2D eigenvalue weighted by atomic mass is 10.3. The van der Waals surface area contributed by atoms with Crippen LogP contribution in [0.4, 0.5) is 0 Å². The highest BCUT2D eigenvalue weighted by Gasteiger charge is 2.20. The van der Waals surface area contributed by atoms with Crippen LogP contribution in [0.3, 0.4) is 0 Å². The van der Waals surface area contributed by atoms with Gasteiger partial charge in [0.1, 0.15) is 11.9 Å². The summed E-state index contributed by atoms with van der Waals surface area (Å²) >= 11 is 4.77. The summed E-state index contributed by atoms with van der Waals surface area (Å²) in [5, 5.41) is 0. The van der Waals surface area contributed by atoms with Crippen LogP contribution in [0, 0.1) is 0 Å². The van der Waals surface area contributed by atoms with Gasteiger partial charge < -0.3 is 9.03 Å². The molecule has 0 fully saturated rings. The lowest BCUT2D eigenvalue weighted by Crippen LogP contribution is -2.25. The fourth-order valence-corrected chi connectivity index (χ4v) is 0.647. The molecule has 1 unspecified atom stereocenters. The van der Waals surface area contributed by atoms with Crippen molar-refractivity contribution >= 4 is 23.8 Å². The number of carbonyl (C=O) groups excluding carboxylic acids is 2. The Morgan fingerprint density at radius 1 is 1.55 bits per heavy atom. The summed E-state index contributed by atoms with van der Waals surface area (Å²) < 4.78 is 8.41. The Morgan fingerprint density at radius 2 is 2.09 bits per heavy atom. The first kappa shape index (κ1) is 10.2. The van der Waals surface area contributed by atoms with Gasteiger partial charge in [0, 0.05) is 6.92 Å². The molecule has 0 aromatic carbocycles. The van der Waals surface area contributed by atoms with Gasteiger partial charge in [-0.25, -0.2) is 4.79 Å². The second kappa shape index (κ2) is 4.96.